The minimum absolute atomic E-state index is 0.0760. The van der Waals surface area contributed by atoms with Gasteiger partial charge >= 0.3 is 0 Å². The van der Waals surface area contributed by atoms with Crippen LogP contribution in [0, 0.1) is 0 Å². The number of rotatable bonds is 2. The summed E-state index contributed by atoms with van der Waals surface area (Å²) in [5, 5.41) is 0. The first-order valence-electron chi connectivity index (χ1n) is 6.64. The Labute approximate surface area is 116 Å². The number of halogens is 1. The van der Waals surface area contributed by atoms with Gasteiger partial charge in [-0.25, -0.2) is 4.98 Å². The molecular formula is C13H20BrN3O. The predicted molar refractivity (Wildman–Crippen MR) is 77.3 cm³/mol. The van der Waals surface area contributed by atoms with Crippen molar-refractivity contribution in [2.24, 2.45) is 0 Å². The van der Waals surface area contributed by atoms with Gasteiger partial charge in [-0.05, 0) is 34.7 Å². The van der Waals surface area contributed by atoms with E-state index in [1.54, 1.807) is 0 Å². The number of aromatic nitrogens is 2. The maximum Gasteiger partial charge on any atom is 0.266 e. The van der Waals surface area contributed by atoms with Crippen LogP contribution in [-0.2, 0) is 0 Å². The van der Waals surface area contributed by atoms with Crippen molar-refractivity contribution >= 4 is 21.9 Å². The standard InChI is InChI=1S/C13H20BrN3O/c1-9(2)11-10(14)12(18)16-13(15-11)17-7-5-3-4-6-8-17/h9H,3-8H2,1-2H3,(H,15,16,18). The topological polar surface area (TPSA) is 49.0 Å². The molecule has 0 unspecified atom stereocenters. The zero-order valence-electron chi connectivity index (χ0n) is 11.0. The van der Waals surface area contributed by atoms with E-state index in [2.05, 4.69) is 44.6 Å². The molecule has 0 saturated carbocycles. The zero-order valence-corrected chi connectivity index (χ0v) is 12.6. The molecule has 100 valence electrons. The average molecular weight is 314 g/mol. The molecule has 0 bridgehead atoms. The van der Waals surface area contributed by atoms with E-state index in [0.717, 1.165) is 24.7 Å². The summed E-state index contributed by atoms with van der Waals surface area (Å²) in [5.74, 6) is 0.973. The Kier molecular flexibility index (Phi) is 4.43. The molecule has 1 aromatic rings. The number of anilines is 1. The van der Waals surface area contributed by atoms with E-state index in [1.165, 1.54) is 25.7 Å². The van der Waals surface area contributed by atoms with Crippen molar-refractivity contribution in [1.82, 2.24) is 9.97 Å². The SMILES string of the molecule is CC(C)c1nc(N2CCCCCC2)[nH]c(=O)c1Br. The molecule has 2 heterocycles. The van der Waals surface area contributed by atoms with Crippen LogP contribution in [0.3, 0.4) is 0 Å². The Balaban J connectivity index is 2.35. The van der Waals surface area contributed by atoms with Gasteiger partial charge in [-0.1, -0.05) is 26.7 Å². The van der Waals surface area contributed by atoms with Crippen LogP contribution in [0.15, 0.2) is 9.27 Å². The van der Waals surface area contributed by atoms with Crippen LogP contribution in [0.2, 0.25) is 0 Å². The van der Waals surface area contributed by atoms with Crippen molar-refractivity contribution in [2.75, 3.05) is 18.0 Å². The van der Waals surface area contributed by atoms with Crippen LogP contribution in [0.5, 0.6) is 0 Å². The van der Waals surface area contributed by atoms with Gasteiger partial charge in [0.1, 0.15) is 4.47 Å². The largest absolute Gasteiger partial charge is 0.342 e. The smallest absolute Gasteiger partial charge is 0.266 e. The highest BCUT2D eigenvalue weighted by atomic mass is 79.9. The van der Waals surface area contributed by atoms with E-state index in [0.29, 0.717) is 4.47 Å². The number of aromatic amines is 1. The summed E-state index contributed by atoms with van der Waals surface area (Å²) in [5.41, 5.74) is 0.769. The average Bonchev–Trinajstić information content (AvgIpc) is 2.60. The highest BCUT2D eigenvalue weighted by Gasteiger charge is 2.17. The van der Waals surface area contributed by atoms with Gasteiger partial charge < -0.3 is 4.90 Å². The molecular weight excluding hydrogens is 294 g/mol. The molecule has 1 aromatic heterocycles. The van der Waals surface area contributed by atoms with Crippen LogP contribution < -0.4 is 10.5 Å². The molecule has 0 aromatic carbocycles. The molecule has 0 aliphatic carbocycles. The lowest BCUT2D eigenvalue weighted by Crippen LogP contribution is -2.29. The van der Waals surface area contributed by atoms with Crippen LogP contribution in [-0.4, -0.2) is 23.1 Å². The fourth-order valence-electron chi connectivity index (χ4n) is 2.28. The van der Waals surface area contributed by atoms with E-state index in [9.17, 15) is 4.79 Å². The summed E-state index contributed by atoms with van der Waals surface area (Å²) < 4.78 is 0.566. The first kappa shape index (κ1) is 13.6. The molecule has 1 saturated heterocycles. The fraction of sp³-hybridized carbons (Fsp3) is 0.692. The van der Waals surface area contributed by atoms with Crippen molar-refractivity contribution in [2.45, 2.75) is 45.4 Å². The minimum atomic E-state index is -0.0760. The van der Waals surface area contributed by atoms with Gasteiger partial charge in [0.2, 0.25) is 5.95 Å². The Morgan fingerprint density at radius 1 is 1.22 bits per heavy atom. The van der Waals surface area contributed by atoms with Gasteiger partial charge in [0.05, 0.1) is 5.69 Å². The maximum atomic E-state index is 11.9. The molecule has 0 spiro atoms. The summed E-state index contributed by atoms with van der Waals surface area (Å²) in [7, 11) is 0. The van der Waals surface area contributed by atoms with Crippen molar-refractivity contribution in [1.29, 1.82) is 0 Å². The number of H-pyrrole nitrogens is 1. The highest BCUT2D eigenvalue weighted by Crippen LogP contribution is 2.22. The van der Waals surface area contributed by atoms with Crippen molar-refractivity contribution < 1.29 is 0 Å². The lowest BCUT2D eigenvalue weighted by Gasteiger charge is -2.22. The minimum Gasteiger partial charge on any atom is -0.342 e. The molecule has 4 nitrogen and oxygen atoms in total. The number of nitrogens with one attached hydrogen (secondary N) is 1. The summed E-state index contributed by atoms with van der Waals surface area (Å²) in [6.45, 7) is 6.09. The lowest BCUT2D eigenvalue weighted by atomic mass is 10.1. The van der Waals surface area contributed by atoms with Crippen molar-refractivity contribution in [3.05, 3.63) is 20.5 Å². The zero-order chi connectivity index (χ0) is 13.1. The Hall–Kier alpha value is -0.840. The second kappa shape index (κ2) is 5.87. The quantitative estimate of drug-likeness (QED) is 0.913. The first-order valence-corrected chi connectivity index (χ1v) is 7.43. The molecule has 5 heteroatoms. The van der Waals surface area contributed by atoms with Gasteiger partial charge in [-0.15, -0.1) is 0 Å². The molecule has 1 aliphatic rings. The van der Waals surface area contributed by atoms with Crippen LogP contribution in [0.4, 0.5) is 5.95 Å². The van der Waals surface area contributed by atoms with E-state index in [4.69, 9.17) is 0 Å². The van der Waals surface area contributed by atoms with E-state index >= 15 is 0 Å². The van der Waals surface area contributed by atoms with Crippen LogP contribution >= 0.6 is 15.9 Å². The third-order valence-corrected chi connectivity index (χ3v) is 4.09. The van der Waals surface area contributed by atoms with Gasteiger partial charge in [0.25, 0.3) is 5.56 Å². The second-order valence-electron chi connectivity index (χ2n) is 5.14. The Morgan fingerprint density at radius 2 is 1.83 bits per heavy atom. The third-order valence-electron chi connectivity index (χ3n) is 3.33. The number of nitrogens with zero attached hydrogens (tertiary/aromatic N) is 2. The monoisotopic (exact) mass is 313 g/mol. The fourth-order valence-corrected chi connectivity index (χ4v) is 2.92. The van der Waals surface area contributed by atoms with E-state index in [1.807, 2.05) is 0 Å². The highest BCUT2D eigenvalue weighted by molar-refractivity contribution is 9.10. The summed E-state index contributed by atoms with van der Waals surface area (Å²) in [6.07, 6.45) is 4.90. The lowest BCUT2D eigenvalue weighted by molar-refractivity contribution is 0.726. The van der Waals surface area contributed by atoms with Gasteiger partial charge in [0, 0.05) is 13.1 Å². The molecule has 1 fully saturated rings. The maximum absolute atomic E-state index is 11.9. The number of hydrogen-bond acceptors (Lipinski definition) is 3. The summed E-state index contributed by atoms with van der Waals surface area (Å²) >= 11 is 3.33. The van der Waals surface area contributed by atoms with E-state index in [-0.39, 0.29) is 11.5 Å². The molecule has 0 radical (unpaired) electrons. The van der Waals surface area contributed by atoms with Gasteiger partial charge in [0.15, 0.2) is 0 Å². The van der Waals surface area contributed by atoms with Crippen LogP contribution in [0.1, 0.15) is 51.1 Å². The van der Waals surface area contributed by atoms with Crippen LogP contribution in [0.25, 0.3) is 0 Å². The molecule has 1 aliphatic heterocycles. The Bertz CT molecular complexity index is 462. The second-order valence-corrected chi connectivity index (χ2v) is 5.94. The molecule has 0 amide bonds. The molecule has 2 rings (SSSR count). The number of hydrogen-bond donors (Lipinski definition) is 1. The summed E-state index contributed by atoms with van der Waals surface area (Å²) in [6, 6.07) is 0. The summed E-state index contributed by atoms with van der Waals surface area (Å²) in [4.78, 5) is 21.6. The van der Waals surface area contributed by atoms with Crippen molar-refractivity contribution in [3.63, 3.8) is 0 Å². The van der Waals surface area contributed by atoms with E-state index < -0.39 is 0 Å². The third kappa shape index (κ3) is 2.94. The normalized spacial score (nSPS) is 17.0. The molecule has 18 heavy (non-hydrogen) atoms. The molecule has 0 atom stereocenters. The Morgan fingerprint density at radius 3 is 2.39 bits per heavy atom. The predicted octanol–water partition coefficient (Wildman–Crippen LogP) is 3.04. The first-order chi connectivity index (χ1) is 8.59. The molecule has 1 N–H and O–H groups in total. The van der Waals surface area contributed by atoms with Gasteiger partial charge in [-0.3, -0.25) is 9.78 Å². The van der Waals surface area contributed by atoms with Crippen molar-refractivity contribution in [3.8, 4) is 0 Å². The van der Waals surface area contributed by atoms with Gasteiger partial charge in [-0.2, -0.15) is 0 Å².